The fourth-order valence-electron chi connectivity index (χ4n) is 1.25. The van der Waals surface area contributed by atoms with Gasteiger partial charge in [-0.15, -0.1) is 0 Å². The summed E-state index contributed by atoms with van der Waals surface area (Å²) in [6, 6.07) is 6.49. The van der Waals surface area contributed by atoms with Gasteiger partial charge in [0.1, 0.15) is 12.7 Å². The molecule has 15 heavy (non-hydrogen) atoms. The molecule has 0 bridgehead atoms. The minimum absolute atomic E-state index is 0.178. The monoisotopic (exact) mass is 202 g/mol. The molecule has 0 fully saturated rings. The SMILES string of the molecule is O=C([O-])c1ccc(Cn2cncn2)cc1. The minimum Gasteiger partial charge on any atom is -0.545 e. The van der Waals surface area contributed by atoms with E-state index >= 15 is 0 Å². The molecule has 2 aromatic rings. The van der Waals surface area contributed by atoms with Crippen molar-refractivity contribution in [1.82, 2.24) is 14.8 Å². The maximum atomic E-state index is 10.5. The van der Waals surface area contributed by atoms with Crippen LogP contribution >= 0.6 is 0 Å². The van der Waals surface area contributed by atoms with Crippen LogP contribution < -0.4 is 5.11 Å². The van der Waals surface area contributed by atoms with Crippen LogP contribution in [-0.2, 0) is 6.54 Å². The number of carbonyl (C=O) groups is 1. The van der Waals surface area contributed by atoms with Crippen molar-refractivity contribution in [1.29, 1.82) is 0 Å². The third-order valence-electron chi connectivity index (χ3n) is 2.00. The summed E-state index contributed by atoms with van der Waals surface area (Å²) in [6.45, 7) is 0.577. The zero-order valence-corrected chi connectivity index (χ0v) is 7.83. The molecule has 0 aliphatic carbocycles. The van der Waals surface area contributed by atoms with Crippen LogP contribution in [0.1, 0.15) is 15.9 Å². The molecule has 1 aromatic heterocycles. The first-order chi connectivity index (χ1) is 7.25. The summed E-state index contributed by atoms with van der Waals surface area (Å²) in [6.07, 6.45) is 3.06. The van der Waals surface area contributed by atoms with Gasteiger partial charge in [0, 0.05) is 0 Å². The Bertz CT molecular complexity index is 448. The number of nitrogens with zero attached hydrogens (tertiary/aromatic N) is 3. The highest BCUT2D eigenvalue weighted by molar-refractivity contribution is 5.85. The van der Waals surface area contributed by atoms with Gasteiger partial charge in [0.2, 0.25) is 0 Å². The summed E-state index contributed by atoms with van der Waals surface area (Å²) in [5.41, 5.74) is 1.14. The lowest BCUT2D eigenvalue weighted by Gasteiger charge is -2.04. The summed E-state index contributed by atoms with van der Waals surface area (Å²) >= 11 is 0. The third kappa shape index (κ3) is 2.19. The molecular weight excluding hydrogens is 194 g/mol. The molecule has 0 unspecified atom stereocenters. The van der Waals surface area contributed by atoms with E-state index in [1.165, 1.54) is 18.5 Å². The van der Waals surface area contributed by atoms with Crippen molar-refractivity contribution in [3.63, 3.8) is 0 Å². The number of aromatic nitrogens is 3. The van der Waals surface area contributed by atoms with Gasteiger partial charge < -0.3 is 9.90 Å². The van der Waals surface area contributed by atoms with E-state index in [-0.39, 0.29) is 5.56 Å². The van der Waals surface area contributed by atoms with Gasteiger partial charge in [0.15, 0.2) is 0 Å². The highest BCUT2D eigenvalue weighted by Crippen LogP contribution is 2.04. The van der Waals surface area contributed by atoms with E-state index in [1.807, 2.05) is 0 Å². The number of carboxylic acid groups (broad SMARTS) is 1. The van der Waals surface area contributed by atoms with Crippen molar-refractivity contribution in [2.24, 2.45) is 0 Å². The molecule has 1 aromatic carbocycles. The lowest BCUT2D eigenvalue weighted by Crippen LogP contribution is -2.22. The molecule has 0 atom stereocenters. The smallest absolute Gasteiger partial charge is 0.137 e. The van der Waals surface area contributed by atoms with Gasteiger partial charge in [-0.3, -0.25) is 0 Å². The Morgan fingerprint density at radius 3 is 2.60 bits per heavy atom. The second kappa shape index (κ2) is 3.91. The van der Waals surface area contributed by atoms with Crippen molar-refractivity contribution < 1.29 is 9.90 Å². The van der Waals surface area contributed by atoms with Crippen molar-refractivity contribution in [3.8, 4) is 0 Å². The van der Waals surface area contributed by atoms with Crippen LogP contribution in [0, 0.1) is 0 Å². The van der Waals surface area contributed by atoms with Crippen LogP contribution in [0.5, 0.6) is 0 Å². The number of rotatable bonds is 3. The molecule has 2 rings (SSSR count). The average Bonchev–Trinajstić information content (AvgIpc) is 2.71. The van der Waals surface area contributed by atoms with Crippen LogP contribution in [0.3, 0.4) is 0 Å². The number of hydrogen-bond donors (Lipinski definition) is 0. The Morgan fingerprint density at radius 2 is 2.07 bits per heavy atom. The van der Waals surface area contributed by atoms with E-state index < -0.39 is 5.97 Å². The topological polar surface area (TPSA) is 70.8 Å². The quantitative estimate of drug-likeness (QED) is 0.684. The van der Waals surface area contributed by atoms with Gasteiger partial charge >= 0.3 is 0 Å². The van der Waals surface area contributed by atoms with Crippen molar-refractivity contribution in [3.05, 3.63) is 48.0 Å². The van der Waals surface area contributed by atoms with E-state index in [4.69, 9.17) is 0 Å². The molecule has 1 heterocycles. The molecule has 5 heteroatoms. The Hall–Kier alpha value is -2.17. The van der Waals surface area contributed by atoms with Crippen LogP contribution in [-0.4, -0.2) is 20.7 Å². The normalized spacial score (nSPS) is 10.1. The Labute approximate surface area is 86.0 Å². The predicted octanol–water partition coefficient (Wildman–Crippen LogP) is -0.310. The van der Waals surface area contributed by atoms with E-state index in [2.05, 4.69) is 10.1 Å². The summed E-state index contributed by atoms with van der Waals surface area (Å²) in [4.78, 5) is 14.3. The van der Waals surface area contributed by atoms with Crippen LogP contribution in [0.2, 0.25) is 0 Å². The molecule has 0 N–H and O–H groups in total. The van der Waals surface area contributed by atoms with Crippen LogP contribution in [0.4, 0.5) is 0 Å². The highest BCUT2D eigenvalue weighted by Gasteiger charge is 1.96. The van der Waals surface area contributed by atoms with E-state index in [0.717, 1.165) is 5.56 Å². The Kier molecular flexibility index (Phi) is 2.45. The second-order valence-corrected chi connectivity index (χ2v) is 3.08. The summed E-state index contributed by atoms with van der Waals surface area (Å²) in [7, 11) is 0. The van der Waals surface area contributed by atoms with Gasteiger partial charge in [-0.2, -0.15) is 5.10 Å². The number of benzene rings is 1. The Morgan fingerprint density at radius 1 is 1.33 bits per heavy atom. The standard InChI is InChI=1S/C10H9N3O2/c14-10(15)9-3-1-8(2-4-9)5-13-7-11-6-12-13/h1-4,6-7H,5H2,(H,14,15)/p-1. The van der Waals surface area contributed by atoms with Gasteiger partial charge in [-0.25, -0.2) is 9.67 Å². The molecule has 0 saturated heterocycles. The maximum absolute atomic E-state index is 10.5. The maximum Gasteiger partial charge on any atom is 0.137 e. The predicted molar refractivity (Wildman–Crippen MR) is 49.9 cm³/mol. The van der Waals surface area contributed by atoms with E-state index in [9.17, 15) is 9.90 Å². The molecule has 0 radical (unpaired) electrons. The minimum atomic E-state index is -1.16. The number of aromatic carboxylic acids is 1. The first-order valence-corrected chi connectivity index (χ1v) is 4.38. The zero-order valence-electron chi connectivity index (χ0n) is 7.83. The molecule has 0 aliphatic rings. The third-order valence-corrected chi connectivity index (χ3v) is 2.00. The van der Waals surface area contributed by atoms with Crippen molar-refractivity contribution in [2.45, 2.75) is 6.54 Å². The van der Waals surface area contributed by atoms with Crippen LogP contribution in [0.15, 0.2) is 36.9 Å². The van der Waals surface area contributed by atoms with E-state index in [1.54, 1.807) is 23.1 Å². The first-order valence-electron chi connectivity index (χ1n) is 4.38. The second-order valence-electron chi connectivity index (χ2n) is 3.08. The summed E-state index contributed by atoms with van der Waals surface area (Å²) in [5.74, 6) is -1.16. The molecule has 5 nitrogen and oxygen atoms in total. The molecule has 0 aliphatic heterocycles. The fraction of sp³-hybridized carbons (Fsp3) is 0.100. The van der Waals surface area contributed by atoms with Crippen molar-refractivity contribution in [2.75, 3.05) is 0 Å². The summed E-state index contributed by atoms with van der Waals surface area (Å²) < 4.78 is 1.66. The van der Waals surface area contributed by atoms with Gasteiger partial charge in [-0.1, -0.05) is 24.3 Å². The lowest BCUT2D eigenvalue weighted by atomic mass is 10.1. The zero-order chi connectivity index (χ0) is 10.7. The number of carboxylic acids is 1. The first kappa shape index (κ1) is 9.39. The molecular formula is C10H8N3O2-. The highest BCUT2D eigenvalue weighted by atomic mass is 16.4. The van der Waals surface area contributed by atoms with E-state index in [0.29, 0.717) is 6.54 Å². The van der Waals surface area contributed by atoms with Crippen molar-refractivity contribution >= 4 is 5.97 Å². The van der Waals surface area contributed by atoms with Crippen LogP contribution in [0.25, 0.3) is 0 Å². The largest absolute Gasteiger partial charge is 0.545 e. The molecule has 76 valence electrons. The Balaban J connectivity index is 2.14. The molecule has 0 saturated carbocycles. The number of carbonyl (C=O) groups excluding carboxylic acids is 1. The summed E-state index contributed by atoms with van der Waals surface area (Å²) in [5, 5.41) is 14.4. The molecule has 0 spiro atoms. The van der Waals surface area contributed by atoms with Gasteiger partial charge in [-0.05, 0) is 11.1 Å². The lowest BCUT2D eigenvalue weighted by molar-refractivity contribution is -0.255. The number of hydrogen-bond acceptors (Lipinski definition) is 4. The molecule has 0 amide bonds. The average molecular weight is 202 g/mol. The van der Waals surface area contributed by atoms with Gasteiger partial charge in [0.25, 0.3) is 0 Å². The van der Waals surface area contributed by atoms with Gasteiger partial charge in [0.05, 0.1) is 12.5 Å². The fourth-order valence-corrected chi connectivity index (χ4v) is 1.25.